The van der Waals surface area contributed by atoms with E-state index < -0.39 is 13.9 Å². The standard InChI is InChI=1S/C41H72NO7P/c1-6-8-10-11-12-13-14-15-16-17-18-19-20-21-22-23-24-25-26-27-28-29-30-31-32-33-36-46-38-40(49-41(43)34-9-7-2)39-48-50(44,45)47-37-35-42(3,4)5/h8,10,12-13,15-16,18-19,21-22,24-25,40H,6-7,9,11,14,17,20,23,26-39H2,1-5H3/b10-8-,13-12-,16-15-,19-18-,22-21-,25-24-. The Bertz CT molecular complexity index is 1030. The fourth-order valence-electron chi connectivity index (χ4n) is 4.52. The van der Waals surface area contributed by atoms with Crippen molar-refractivity contribution >= 4 is 13.8 Å². The summed E-state index contributed by atoms with van der Waals surface area (Å²) in [6.07, 6.45) is 43.2. The lowest BCUT2D eigenvalue weighted by Crippen LogP contribution is -2.37. The number of carbonyl (C=O) groups excluding carboxylic acids is 1. The molecule has 0 aliphatic heterocycles. The average molecular weight is 722 g/mol. The topological polar surface area (TPSA) is 94.1 Å². The number of unbranched alkanes of at least 4 members (excludes halogenated alkanes) is 8. The van der Waals surface area contributed by atoms with Gasteiger partial charge in [0.1, 0.15) is 19.3 Å². The quantitative estimate of drug-likeness (QED) is 0.0215. The number of nitrogens with zero attached hydrogens (tertiary/aromatic N) is 1. The first-order valence-electron chi connectivity index (χ1n) is 19.2. The largest absolute Gasteiger partial charge is 0.756 e. The minimum atomic E-state index is -4.50. The predicted molar refractivity (Wildman–Crippen MR) is 208 cm³/mol. The molecular formula is C41H72NO7P. The van der Waals surface area contributed by atoms with Crippen LogP contribution in [0.1, 0.15) is 123 Å². The molecule has 0 radical (unpaired) electrons. The average Bonchev–Trinajstić information content (AvgIpc) is 3.06. The Balaban J connectivity index is 3.91. The maximum atomic E-state index is 12.2. The molecule has 0 aliphatic carbocycles. The van der Waals surface area contributed by atoms with E-state index in [0.29, 0.717) is 24.1 Å². The number of rotatable bonds is 34. The van der Waals surface area contributed by atoms with E-state index in [1.54, 1.807) is 0 Å². The number of carbonyl (C=O) groups is 1. The van der Waals surface area contributed by atoms with Gasteiger partial charge < -0.3 is 27.9 Å². The van der Waals surface area contributed by atoms with Crippen molar-refractivity contribution in [3.05, 3.63) is 72.9 Å². The Labute approximate surface area is 306 Å². The molecule has 0 aliphatic rings. The van der Waals surface area contributed by atoms with E-state index in [4.69, 9.17) is 18.5 Å². The molecule has 0 heterocycles. The molecule has 9 heteroatoms. The molecule has 0 aromatic rings. The van der Waals surface area contributed by atoms with E-state index in [9.17, 15) is 14.3 Å². The van der Waals surface area contributed by atoms with Gasteiger partial charge in [0.2, 0.25) is 0 Å². The van der Waals surface area contributed by atoms with Crippen molar-refractivity contribution in [1.29, 1.82) is 0 Å². The van der Waals surface area contributed by atoms with E-state index in [0.717, 1.165) is 70.6 Å². The van der Waals surface area contributed by atoms with Crippen molar-refractivity contribution in [1.82, 2.24) is 0 Å². The number of esters is 1. The number of phosphoric acid groups is 1. The van der Waals surface area contributed by atoms with Gasteiger partial charge in [-0.05, 0) is 64.2 Å². The van der Waals surface area contributed by atoms with Gasteiger partial charge >= 0.3 is 5.97 Å². The van der Waals surface area contributed by atoms with E-state index in [1.807, 2.05) is 28.1 Å². The highest BCUT2D eigenvalue weighted by Gasteiger charge is 2.20. The summed E-state index contributed by atoms with van der Waals surface area (Å²) in [6.45, 7) is 4.98. The molecule has 50 heavy (non-hydrogen) atoms. The van der Waals surface area contributed by atoms with E-state index in [1.165, 1.54) is 25.7 Å². The van der Waals surface area contributed by atoms with Gasteiger partial charge in [0.05, 0.1) is 34.4 Å². The third kappa shape index (κ3) is 37.2. The number of ether oxygens (including phenoxy) is 2. The number of quaternary nitrogens is 1. The first kappa shape index (κ1) is 47.9. The summed E-state index contributed by atoms with van der Waals surface area (Å²) < 4.78 is 33.9. The molecule has 8 nitrogen and oxygen atoms in total. The third-order valence-corrected chi connectivity index (χ3v) is 8.49. The Morgan fingerprint density at radius 1 is 0.640 bits per heavy atom. The lowest BCUT2D eigenvalue weighted by Gasteiger charge is -2.28. The summed E-state index contributed by atoms with van der Waals surface area (Å²) in [5.41, 5.74) is 0. The first-order valence-corrected chi connectivity index (χ1v) is 20.6. The van der Waals surface area contributed by atoms with Gasteiger partial charge in [-0.3, -0.25) is 9.36 Å². The molecule has 2 atom stereocenters. The van der Waals surface area contributed by atoms with Crippen LogP contribution in [-0.2, 0) is 27.9 Å². The van der Waals surface area contributed by atoms with Crippen molar-refractivity contribution in [2.24, 2.45) is 0 Å². The number of phosphoric ester groups is 1. The molecule has 288 valence electrons. The molecule has 0 spiro atoms. The maximum absolute atomic E-state index is 12.2. The van der Waals surface area contributed by atoms with Crippen LogP contribution in [0.25, 0.3) is 0 Å². The Morgan fingerprint density at radius 2 is 1.14 bits per heavy atom. The van der Waals surface area contributed by atoms with Crippen molar-refractivity contribution in [3.8, 4) is 0 Å². The molecule has 0 rings (SSSR count). The second kappa shape index (κ2) is 34.0. The minimum Gasteiger partial charge on any atom is -0.756 e. The molecule has 0 N–H and O–H groups in total. The molecule has 0 amide bonds. The molecule has 2 unspecified atom stereocenters. The molecule has 0 fully saturated rings. The molecule has 0 saturated carbocycles. The lowest BCUT2D eigenvalue weighted by molar-refractivity contribution is -0.870. The maximum Gasteiger partial charge on any atom is 0.306 e. The van der Waals surface area contributed by atoms with Crippen LogP contribution >= 0.6 is 7.82 Å². The molecule has 0 aromatic heterocycles. The highest BCUT2D eigenvalue weighted by Crippen LogP contribution is 2.38. The normalized spacial score (nSPS) is 14.8. The first-order chi connectivity index (χ1) is 24.1. The fourth-order valence-corrected chi connectivity index (χ4v) is 5.25. The monoisotopic (exact) mass is 722 g/mol. The number of hydrogen-bond donors (Lipinski definition) is 0. The highest BCUT2D eigenvalue weighted by molar-refractivity contribution is 7.45. The summed E-state index contributed by atoms with van der Waals surface area (Å²) >= 11 is 0. The second-order valence-corrected chi connectivity index (χ2v) is 15.0. The van der Waals surface area contributed by atoms with Gasteiger partial charge in [-0.15, -0.1) is 0 Å². The zero-order valence-electron chi connectivity index (χ0n) is 32.3. The van der Waals surface area contributed by atoms with E-state index >= 15 is 0 Å². The Morgan fingerprint density at radius 3 is 1.66 bits per heavy atom. The summed E-state index contributed by atoms with van der Waals surface area (Å²) in [4.78, 5) is 24.3. The number of allylic oxidation sites excluding steroid dienone is 12. The van der Waals surface area contributed by atoms with Crippen LogP contribution < -0.4 is 4.89 Å². The molecule has 0 saturated heterocycles. The van der Waals surface area contributed by atoms with Crippen LogP contribution in [0.2, 0.25) is 0 Å². The van der Waals surface area contributed by atoms with Crippen LogP contribution in [-0.4, -0.2) is 70.7 Å². The second-order valence-electron chi connectivity index (χ2n) is 13.6. The van der Waals surface area contributed by atoms with Gasteiger partial charge in [0, 0.05) is 13.0 Å². The van der Waals surface area contributed by atoms with Gasteiger partial charge in [0.15, 0.2) is 0 Å². The number of likely N-dealkylation sites (N-methyl/N-ethyl adjacent to an activating group) is 1. The highest BCUT2D eigenvalue weighted by atomic mass is 31.2. The summed E-state index contributed by atoms with van der Waals surface area (Å²) in [7, 11) is 1.33. The summed E-state index contributed by atoms with van der Waals surface area (Å²) in [6, 6.07) is 0. The van der Waals surface area contributed by atoms with Crippen molar-refractivity contribution in [3.63, 3.8) is 0 Å². The van der Waals surface area contributed by atoms with E-state index in [2.05, 4.69) is 79.8 Å². The van der Waals surface area contributed by atoms with Gasteiger partial charge in [-0.1, -0.05) is 125 Å². The van der Waals surface area contributed by atoms with Crippen molar-refractivity contribution < 1.29 is 37.3 Å². The van der Waals surface area contributed by atoms with Crippen LogP contribution in [0.5, 0.6) is 0 Å². The summed E-state index contributed by atoms with van der Waals surface area (Å²) in [5, 5.41) is 0. The van der Waals surface area contributed by atoms with Crippen molar-refractivity contribution in [2.75, 3.05) is 54.1 Å². The zero-order valence-corrected chi connectivity index (χ0v) is 33.2. The third-order valence-electron chi connectivity index (χ3n) is 7.52. The SMILES string of the molecule is CC/C=C\C/C=C\C/C=C\C/C=C\C/C=C\C/C=C\CCCCCCCCCOCC(COP(=O)([O-])OCC[N+](C)(C)C)OC(=O)CCCC. The van der Waals surface area contributed by atoms with E-state index in [-0.39, 0.29) is 32.2 Å². The molecule has 0 bridgehead atoms. The minimum absolute atomic E-state index is 0.0191. The fraction of sp³-hybridized carbons (Fsp3) is 0.683. The Kier molecular flexibility index (Phi) is 32.6. The number of hydrogen-bond acceptors (Lipinski definition) is 7. The van der Waals surface area contributed by atoms with Crippen LogP contribution in [0.3, 0.4) is 0 Å². The summed E-state index contributed by atoms with van der Waals surface area (Å²) in [5.74, 6) is -0.378. The van der Waals surface area contributed by atoms with Crippen LogP contribution in [0.15, 0.2) is 72.9 Å². The van der Waals surface area contributed by atoms with Gasteiger partial charge in [-0.25, -0.2) is 0 Å². The lowest BCUT2D eigenvalue weighted by atomic mass is 10.1. The molecule has 0 aromatic carbocycles. The van der Waals surface area contributed by atoms with Gasteiger partial charge in [0.25, 0.3) is 7.82 Å². The Hall–Kier alpha value is -2.06. The van der Waals surface area contributed by atoms with Gasteiger partial charge in [-0.2, -0.15) is 0 Å². The van der Waals surface area contributed by atoms with Crippen LogP contribution in [0, 0.1) is 0 Å². The smallest absolute Gasteiger partial charge is 0.306 e. The zero-order chi connectivity index (χ0) is 37.0. The molecular weight excluding hydrogens is 649 g/mol. The predicted octanol–water partition coefficient (Wildman–Crippen LogP) is 10.1. The van der Waals surface area contributed by atoms with Crippen LogP contribution in [0.4, 0.5) is 0 Å². The van der Waals surface area contributed by atoms with Crippen molar-refractivity contribution in [2.45, 2.75) is 129 Å².